The van der Waals surface area contributed by atoms with Gasteiger partial charge in [-0.05, 0) is 23.6 Å². The predicted molar refractivity (Wildman–Crippen MR) is 56.6 cm³/mol. The zero-order chi connectivity index (χ0) is 10.3. The smallest absolute Gasteiger partial charge is 0.134 e. The van der Waals surface area contributed by atoms with Gasteiger partial charge in [-0.25, -0.2) is 0 Å². The van der Waals surface area contributed by atoms with E-state index in [2.05, 4.69) is 20.8 Å². The number of hydrogen-bond donors (Lipinski definition) is 1. The van der Waals surface area contributed by atoms with Gasteiger partial charge < -0.3 is 9.52 Å². The molecule has 0 fully saturated rings. The highest BCUT2D eigenvalue weighted by molar-refractivity contribution is 5.80. The number of phenolic OH excluding ortho intramolecular Hbond substituents is 1. The highest BCUT2D eigenvalue weighted by atomic mass is 16.3. The van der Waals surface area contributed by atoms with E-state index in [0.717, 1.165) is 16.5 Å². The lowest BCUT2D eigenvalue weighted by Crippen LogP contribution is -2.10. The van der Waals surface area contributed by atoms with Gasteiger partial charge >= 0.3 is 0 Å². The zero-order valence-corrected chi connectivity index (χ0v) is 8.66. The molecule has 0 radical (unpaired) electrons. The Labute approximate surface area is 83.2 Å². The summed E-state index contributed by atoms with van der Waals surface area (Å²) in [6.45, 7) is 6.20. The van der Waals surface area contributed by atoms with E-state index < -0.39 is 0 Å². The van der Waals surface area contributed by atoms with Crippen molar-refractivity contribution in [2.45, 2.75) is 26.2 Å². The van der Waals surface area contributed by atoms with Gasteiger partial charge in [0.05, 0.1) is 6.26 Å². The first-order chi connectivity index (χ1) is 6.48. The topological polar surface area (TPSA) is 33.4 Å². The number of rotatable bonds is 0. The van der Waals surface area contributed by atoms with Crippen LogP contribution < -0.4 is 0 Å². The van der Waals surface area contributed by atoms with Crippen LogP contribution in [-0.2, 0) is 5.41 Å². The molecule has 0 aliphatic heterocycles. The molecule has 0 spiro atoms. The van der Waals surface area contributed by atoms with E-state index in [-0.39, 0.29) is 5.41 Å². The molecule has 0 bridgehead atoms. The van der Waals surface area contributed by atoms with Crippen molar-refractivity contribution < 1.29 is 9.52 Å². The Morgan fingerprint density at radius 2 is 1.93 bits per heavy atom. The fourth-order valence-electron chi connectivity index (χ4n) is 1.60. The number of benzene rings is 1. The zero-order valence-electron chi connectivity index (χ0n) is 8.66. The van der Waals surface area contributed by atoms with Gasteiger partial charge in [0.2, 0.25) is 0 Å². The van der Waals surface area contributed by atoms with Crippen LogP contribution in [0.3, 0.4) is 0 Å². The lowest BCUT2D eigenvalue weighted by molar-refractivity contribution is 0.447. The third-order valence-corrected chi connectivity index (χ3v) is 2.38. The van der Waals surface area contributed by atoms with Gasteiger partial charge in [0.15, 0.2) is 0 Å². The third kappa shape index (κ3) is 1.37. The molecule has 1 aromatic heterocycles. The number of hydrogen-bond acceptors (Lipinski definition) is 2. The molecule has 0 aliphatic rings. The number of phenols is 1. The Kier molecular flexibility index (Phi) is 1.81. The SMILES string of the molecule is CC(C)(C)c1cc2occc2cc1O. The second-order valence-corrected chi connectivity index (χ2v) is 4.58. The van der Waals surface area contributed by atoms with Crippen molar-refractivity contribution in [1.29, 1.82) is 0 Å². The largest absolute Gasteiger partial charge is 0.508 e. The summed E-state index contributed by atoms with van der Waals surface area (Å²) >= 11 is 0. The molecule has 0 amide bonds. The van der Waals surface area contributed by atoms with Crippen LogP contribution in [0.4, 0.5) is 0 Å². The van der Waals surface area contributed by atoms with E-state index in [1.807, 2.05) is 12.1 Å². The lowest BCUT2D eigenvalue weighted by atomic mass is 9.86. The first kappa shape index (κ1) is 9.13. The lowest BCUT2D eigenvalue weighted by Gasteiger charge is -2.19. The fourth-order valence-corrected chi connectivity index (χ4v) is 1.60. The van der Waals surface area contributed by atoms with Crippen molar-refractivity contribution in [1.82, 2.24) is 0 Å². The van der Waals surface area contributed by atoms with Crippen LogP contribution in [-0.4, -0.2) is 5.11 Å². The van der Waals surface area contributed by atoms with Gasteiger partial charge in [0.25, 0.3) is 0 Å². The highest BCUT2D eigenvalue weighted by Gasteiger charge is 2.19. The molecule has 14 heavy (non-hydrogen) atoms. The quantitative estimate of drug-likeness (QED) is 0.690. The minimum Gasteiger partial charge on any atom is -0.508 e. The van der Waals surface area contributed by atoms with E-state index in [0.29, 0.717) is 5.75 Å². The first-order valence-electron chi connectivity index (χ1n) is 4.69. The summed E-state index contributed by atoms with van der Waals surface area (Å²) in [6.07, 6.45) is 1.64. The summed E-state index contributed by atoms with van der Waals surface area (Å²) in [5, 5.41) is 10.8. The minimum absolute atomic E-state index is 0.0644. The van der Waals surface area contributed by atoms with E-state index in [1.165, 1.54) is 0 Å². The van der Waals surface area contributed by atoms with Crippen molar-refractivity contribution >= 4 is 11.0 Å². The molecule has 2 heteroatoms. The van der Waals surface area contributed by atoms with Crippen LogP contribution in [0.1, 0.15) is 26.3 Å². The minimum atomic E-state index is -0.0644. The Balaban J connectivity index is 2.71. The molecule has 1 heterocycles. The Hall–Kier alpha value is -1.44. The van der Waals surface area contributed by atoms with Gasteiger partial charge in [-0.15, -0.1) is 0 Å². The van der Waals surface area contributed by atoms with Crippen molar-refractivity contribution in [3.05, 3.63) is 30.0 Å². The van der Waals surface area contributed by atoms with E-state index in [9.17, 15) is 5.11 Å². The van der Waals surface area contributed by atoms with Crippen molar-refractivity contribution in [3.8, 4) is 5.75 Å². The van der Waals surface area contributed by atoms with Crippen LogP contribution in [0.15, 0.2) is 28.9 Å². The monoisotopic (exact) mass is 190 g/mol. The van der Waals surface area contributed by atoms with Crippen molar-refractivity contribution in [2.24, 2.45) is 0 Å². The van der Waals surface area contributed by atoms with Gasteiger partial charge in [-0.1, -0.05) is 20.8 Å². The molecule has 0 saturated heterocycles. The molecule has 1 aromatic carbocycles. The first-order valence-corrected chi connectivity index (χ1v) is 4.69. The standard InChI is InChI=1S/C12H14O2/c1-12(2,3)9-7-11-8(4-5-14-11)6-10(9)13/h4-7,13H,1-3H3. The normalized spacial score (nSPS) is 12.2. The molecular weight excluding hydrogens is 176 g/mol. The summed E-state index contributed by atoms with van der Waals surface area (Å²) in [7, 11) is 0. The summed E-state index contributed by atoms with van der Waals surface area (Å²) in [5.41, 5.74) is 1.68. The summed E-state index contributed by atoms with van der Waals surface area (Å²) in [5.74, 6) is 0.339. The summed E-state index contributed by atoms with van der Waals surface area (Å²) in [6, 6.07) is 5.51. The van der Waals surface area contributed by atoms with Crippen LogP contribution in [0.5, 0.6) is 5.75 Å². The van der Waals surface area contributed by atoms with Crippen LogP contribution in [0.2, 0.25) is 0 Å². The average molecular weight is 190 g/mol. The number of fused-ring (bicyclic) bond motifs is 1. The number of aromatic hydroxyl groups is 1. The molecule has 1 N–H and O–H groups in total. The summed E-state index contributed by atoms with van der Waals surface area (Å²) in [4.78, 5) is 0. The molecule has 0 unspecified atom stereocenters. The van der Waals surface area contributed by atoms with Crippen molar-refractivity contribution in [3.63, 3.8) is 0 Å². The van der Waals surface area contributed by atoms with Gasteiger partial charge in [0.1, 0.15) is 11.3 Å². The van der Waals surface area contributed by atoms with Crippen LogP contribution >= 0.6 is 0 Å². The van der Waals surface area contributed by atoms with Crippen molar-refractivity contribution in [2.75, 3.05) is 0 Å². The van der Waals surface area contributed by atoms with E-state index in [4.69, 9.17) is 4.42 Å². The van der Waals surface area contributed by atoms with Gasteiger partial charge in [-0.3, -0.25) is 0 Å². The fraction of sp³-hybridized carbons (Fsp3) is 0.333. The third-order valence-electron chi connectivity index (χ3n) is 2.38. The van der Waals surface area contributed by atoms with E-state index in [1.54, 1.807) is 12.3 Å². The molecule has 2 nitrogen and oxygen atoms in total. The maximum Gasteiger partial charge on any atom is 0.134 e. The Bertz CT molecular complexity index is 461. The Morgan fingerprint density at radius 3 is 2.57 bits per heavy atom. The van der Waals surface area contributed by atoms with E-state index >= 15 is 0 Å². The van der Waals surface area contributed by atoms with Crippen LogP contribution in [0.25, 0.3) is 11.0 Å². The second-order valence-electron chi connectivity index (χ2n) is 4.58. The average Bonchev–Trinajstić information content (AvgIpc) is 2.47. The number of furan rings is 1. The Morgan fingerprint density at radius 1 is 1.21 bits per heavy atom. The maximum absolute atomic E-state index is 9.82. The molecule has 0 saturated carbocycles. The summed E-state index contributed by atoms with van der Waals surface area (Å²) < 4.78 is 5.30. The molecule has 74 valence electrons. The molecule has 0 atom stereocenters. The maximum atomic E-state index is 9.82. The molecule has 2 aromatic rings. The van der Waals surface area contributed by atoms with Gasteiger partial charge in [-0.2, -0.15) is 0 Å². The van der Waals surface area contributed by atoms with Crippen LogP contribution in [0, 0.1) is 0 Å². The second kappa shape index (κ2) is 2.77. The van der Waals surface area contributed by atoms with Gasteiger partial charge in [0, 0.05) is 10.9 Å². The highest BCUT2D eigenvalue weighted by Crippen LogP contribution is 2.34. The molecular formula is C12H14O2. The molecule has 0 aliphatic carbocycles. The predicted octanol–water partition coefficient (Wildman–Crippen LogP) is 3.44. The molecule has 2 rings (SSSR count).